The van der Waals surface area contributed by atoms with Crippen molar-refractivity contribution in [2.75, 3.05) is 0 Å². The highest BCUT2D eigenvalue weighted by Gasteiger charge is 2.40. The summed E-state index contributed by atoms with van der Waals surface area (Å²) in [4.78, 5) is 4.53. The number of ether oxygens (including phenoxy) is 1. The Morgan fingerprint density at radius 3 is 2.52 bits per heavy atom. The van der Waals surface area contributed by atoms with Gasteiger partial charge in [0, 0.05) is 16.7 Å². The largest absolute Gasteiger partial charge is 0.474 e. The van der Waals surface area contributed by atoms with Crippen LogP contribution in [0.15, 0.2) is 53.1 Å². The number of rotatable bonds is 5. The van der Waals surface area contributed by atoms with E-state index in [1.54, 1.807) is 18.2 Å². The van der Waals surface area contributed by atoms with E-state index < -0.39 is 11.6 Å². The highest BCUT2D eigenvalue weighted by Crippen LogP contribution is 2.39. The summed E-state index contributed by atoms with van der Waals surface area (Å²) in [5.41, 5.74) is 6.66. The van der Waals surface area contributed by atoms with Gasteiger partial charge in [-0.25, -0.2) is 0 Å². The third-order valence-electron chi connectivity index (χ3n) is 4.60. The Morgan fingerprint density at radius 1 is 1.11 bits per heavy atom. The lowest BCUT2D eigenvalue weighted by molar-refractivity contribution is 0.191. The van der Waals surface area contributed by atoms with Crippen LogP contribution in [0, 0.1) is 0 Å². The molecule has 1 atom stereocenters. The molecule has 1 unspecified atom stereocenters. The van der Waals surface area contributed by atoms with Crippen LogP contribution in [0.3, 0.4) is 0 Å². The Labute approximate surface area is 173 Å². The summed E-state index contributed by atoms with van der Waals surface area (Å²) in [6.07, 6.45) is 2.15. The number of hydrogen-bond donors (Lipinski definition) is 1. The summed E-state index contributed by atoms with van der Waals surface area (Å²) >= 11 is 12.3. The summed E-state index contributed by atoms with van der Waals surface area (Å²) in [6, 6.07) is 14.7. The molecule has 1 aliphatic rings. The summed E-state index contributed by atoms with van der Waals surface area (Å²) in [7, 11) is 0. The first-order valence-corrected chi connectivity index (χ1v) is 9.10. The second-order valence-electron chi connectivity index (χ2n) is 6.45. The molecule has 4 rings (SSSR count). The summed E-state index contributed by atoms with van der Waals surface area (Å²) in [5, 5.41) is 5.06. The van der Waals surface area contributed by atoms with E-state index in [1.165, 1.54) is 0 Å². The third-order valence-corrected chi connectivity index (χ3v) is 5.14. The first kappa shape index (κ1) is 20.0. The molecule has 0 saturated heterocycles. The van der Waals surface area contributed by atoms with Crippen molar-refractivity contribution in [1.29, 1.82) is 0 Å². The van der Waals surface area contributed by atoms with E-state index in [9.17, 15) is 0 Å². The maximum Gasteiger partial charge on any atom is 0.272 e. The molecule has 0 amide bonds. The van der Waals surface area contributed by atoms with Crippen LogP contribution in [0.25, 0.3) is 0 Å². The number of aromatic nitrogens is 2. The second-order valence-corrected chi connectivity index (χ2v) is 7.29. The number of nitrogens with zero attached hydrogens (tertiary/aromatic N) is 2. The molecule has 1 aliphatic carbocycles. The average Bonchev–Trinajstić information content (AvgIpc) is 3.11. The van der Waals surface area contributed by atoms with Crippen LogP contribution in [0.4, 0.5) is 0 Å². The van der Waals surface area contributed by atoms with Gasteiger partial charge in [-0.3, -0.25) is 0 Å². The van der Waals surface area contributed by atoms with E-state index in [4.69, 9.17) is 38.2 Å². The van der Waals surface area contributed by atoms with Crippen molar-refractivity contribution >= 4 is 35.6 Å². The Morgan fingerprint density at radius 2 is 1.85 bits per heavy atom. The zero-order valence-electron chi connectivity index (χ0n) is 14.3. The van der Waals surface area contributed by atoms with Gasteiger partial charge in [-0.05, 0) is 31.4 Å². The van der Waals surface area contributed by atoms with Crippen molar-refractivity contribution in [3.05, 3.63) is 75.9 Å². The average molecular weight is 427 g/mol. The van der Waals surface area contributed by atoms with Gasteiger partial charge in [-0.1, -0.05) is 58.7 Å². The SMILES string of the molecule is Cl.NC1(c2noc(C(Oc3cc(Cl)ccc3Cl)c3ccccc3)n2)CCC1. The van der Waals surface area contributed by atoms with Gasteiger partial charge in [-0.15, -0.1) is 12.4 Å². The predicted octanol–water partition coefficient (Wildman–Crippen LogP) is 5.30. The third kappa shape index (κ3) is 4.06. The fourth-order valence-corrected chi connectivity index (χ4v) is 3.23. The minimum atomic E-state index is -0.614. The normalized spacial score (nSPS) is 16.1. The molecule has 0 spiro atoms. The van der Waals surface area contributed by atoms with Gasteiger partial charge in [0.15, 0.2) is 5.82 Å². The minimum absolute atomic E-state index is 0. The molecular weight excluding hydrogens is 409 g/mol. The lowest BCUT2D eigenvalue weighted by Gasteiger charge is -2.34. The first-order chi connectivity index (χ1) is 12.5. The van der Waals surface area contributed by atoms with Gasteiger partial charge in [0.05, 0.1) is 10.6 Å². The van der Waals surface area contributed by atoms with Crippen LogP contribution in [0.2, 0.25) is 10.0 Å². The molecule has 1 heterocycles. The van der Waals surface area contributed by atoms with Crippen molar-refractivity contribution in [3.8, 4) is 5.75 Å². The van der Waals surface area contributed by atoms with Gasteiger partial charge in [0.2, 0.25) is 6.10 Å². The van der Waals surface area contributed by atoms with E-state index in [2.05, 4.69) is 10.1 Å². The van der Waals surface area contributed by atoms with Crippen LogP contribution < -0.4 is 10.5 Å². The molecule has 8 heteroatoms. The van der Waals surface area contributed by atoms with E-state index >= 15 is 0 Å². The Hall–Kier alpha value is -1.79. The highest BCUT2D eigenvalue weighted by molar-refractivity contribution is 6.34. The summed E-state index contributed by atoms with van der Waals surface area (Å²) < 4.78 is 11.6. The zero-order chi connectivity index (χ0) is 18.1. The summed E-state index contributed by atoms with van der Waals surface area (Å²) in [5.74, 6) is 1.29. The molecule has 1 saturated carbocycles. The van der Waals surface area contributed by atoms with Crippen LogP contribution >= 0.6 is 35.6 Å². The molecule has 27 heavy (non-hydrogen) atoms. The molecule has 142 valence electrons. The Kier molecular flexibility index (Phi) is 5.96. The van der Waals surface area contributed by atoms with Gasteiger partial charge in [-0.2, -0.15) is 4.98 Å². The van der Waals surface area contributed by atoms with E-state index in [-0.39, 0.29) is 12.4 Å². The lowest BCUT2D eigenvalue weighted by Crippen LogP contribution is -2.44. The number of hydrogen-bond acceptors (Lipinski definition) is 5. The smallest absolute Gasteiger partial charge is 0.272 e. The second kappa shape index (κ2) is 8.07. The molecule has 0 bridgehead atoms. The van der Waals surface area contributed by atoms with Crippen LogP contribution in [-0.2, 0) is 5.54 Å². The van der Waals surface area contributed by atoms with E-state index in [0.29, 0.717) is 27.5 Å². The quantitative estimate of drug-likeness (QED) is 0.599. The maximum atomic E-state index is 6.31. The Bertz CT molecular complexity index is 914. The first-order valence-electron chi connectivity index (χ1n) is 8.35. The van der Waals surface area contributed by atoms with Crippen LogP contribution in [0.5, 0.6) is 5.75 Å². The topological polar surface area (TPSA) is 74.2 Å². The van der Waals surface area contributed by atoms with Crippen molar-refractivity contribution in [3.63, 3.8) is 0 Å². The molecule has 2 aromatic carbocycles. The predicted molar refractivity (Wildman–Crippen MR) is 107 cm³/mol. The van der Waals surface area contributed by atoms with Crippen LogP contribution in [-0.4, -0.2) is 10.1 Å². The number of nitrogens with two attached hydrogens (primary N) is 1. The molecule has 2 N–H and O–H groups in total. The highest BCUT2D eigenvalue weighted by atomic mass is 35.5. The molecule has 1 aromatic heterocycles. The minimum Gasteiger partial charge on any atom is -0.474 e. The monoisotopic (exact) mass is 425 g/mol. The molecular formula is C19H18Cl3N3O2. The van der Waals surface area contributed by atoms with Crippen molar-refractivity contribution in [2.45, 2.75) is 30.9 Å². The Balaban J connectivity index is 0.00000210. The number of benzene rings is 2. The fraction of sp³-hybridized carbons (Fsp3) is 0.263. The lowest BCUT2D eigenvalue weighted by atomic mass is 9.77. The van der Waals surface area contributed by atoms with Crippen molar-refractivity contribution in [1.82, 2.24) is 10.1 Å². The van der Waals surface area contributed by atoms with Gasteiger partial charge in [0.25, 0.3) is 5.89 Å². The summed E-state index contributed by atoms with van der Waals surface area (Å²) in [6.45, 7) is 0. The van der Waals surface area contributed by atoms with Gasteiger partial charge >= 0.3 is 0 Å². The van der Waals surface area contributed by atoms with Gasteiger partial charge in [0.1, 0.15) is 5.75 Å². The van der Waals surface area contributed by atoms with Crippen molar-refractivity contribution in [2.24, 2.45) is 5.73 Å². The van der Waals surface area contributed by atoms with Crippen LogP contribution in [0.1, 0.15) is 42.6 Å². The standard InChI is InChI=1S/C19H17Cl2N3O2.ClH/c20-13-7-8-14(21)15(11-13)25-16(12-5-2-1-3-6-12)17-23-18(24-26-17)19(22)9-4-10-19;/h1-3,5-8,11,16H,4,9-10,22H2;1H. The van der Waals surface area contributed by atoms with Crippen molar-refractivity contribution < 1.29 is 9.26 Å². The van der Waals surface area contributed by atoms with E-state index in [1.807, 2.05) is 30.3 Å². The van der Waals surface area contributed by atoms with Gasteiger partial charge < -0.3 is 15.0 Å². The molecule has 1 fully saturated rings. The molecule has 0 radical (unpaired) electrons. The zero-order valence-corrected chi connectivity index (χ0v) is 16.6. The molecule has 3 aromatic rings. The number of halogens is 3. The molecule has 5 nitrogen and oxygen atoms in total. The molecule has 0 aliphatic heterocycles. The van der Waals surface area contributed by atoms with E-state index in [0.717, 1.165) is 24.8 Å². The maximum absolute atomic E-state index is 6.31. The fourth-order valence-electron chi connectivity index (χ4n) is 2.91.